The van der Waals surface area contributed by atoms with Crippen molar-refractivity contribution in [2.24, 2.45) is 5.92 Å². The lowest BCUT2D eigenvalue weighted by Crippen LogP contribution is -2.04. The molecular weight excluding hydrogens is 286 g/mol. The second-order valence-electron chi connectivity index (χ2n) is 5.64. The average molecular weight is 305 g/mol. The van der Waals surface area contributed by atoms with Crippen LogP contribution in [0.5, 0.6) is 11.5 Å². The number of anilines is 1. The molecule has 2 rings (SSSR count). The minimum Gasteiger partial charge on any atom is -0.456 e. The van der Waals surface area contributed by atoms with Crippen molar-refractivity contribution >= 4 is 5.69 Å². The fourth-order valence-corrected chi connectivity index (χ4v) is 2.13. The predicted octanol–water partition coefficient (Wildman–Crippen LogP) is 4.68. The van der Waals surface area contributed by atoms with Crippen LogP contribution in [0.1, 0.15) is 31.4 Å². The summed E-state index contributed by atoms with van der Waals surface area (Å²) in [5, 5.41) is 21.7. The Bertz CT molecular complexity index is 754. The number of hydrogen-bond donors (Lipinski definition) is 1. The summed E-state index contributed by atoms with van der Waals surface area (Å²) in [6.07, 6.45) is 1.09. The van der Waals surface area contributed by atoms with Gasteiger partial charge < -0.3 is 10.1 Å². The molecule has 0 unspecified atom stereocenters. The highest BCUT2D eigenvalue weighted by Crippen LogP contribution is 2.28. The average Bonchev–Trinajstić information content (AvgIpc) is 2.54. The van der Waals surface area contributed by atoms with Gasteiger partial charge in [0.2, 0.25) is 0 Å². The van der Waals surface area contributed by atoms with Gasteiger partial charge in [-0.3, -0.25) is 0 Å². The summed E-state index contributed by atoms with van der Waals surface area (Å²) in [5.41, 5.74) is 1.54. The molecule has 0 aliphatic rings. The molecule has 0 bridgehead atoms. The van der Waals surface area contributed by atoms with E-state index in [1.807, 2.05) is 36.4 Å². The van der Waals surface area contributed by atoms with E-state index in [0.717, 1.165) is 18.7 Å². The summed E-state index contributed by atoms with van der Waals surface area (Å²) < 4.78 is 5.80. The van der Waals surface area contributed by atoms with Crippen molar-refractivity contribution in [3.8, 4) is 23.6 Å². The van der Waals surface area contributed by atoms with E-state index in [9.17, 15) is 5.26 Å². The van der Waals surface area contributed by atoms with E-state index in [1.54, 1.807) is 18.2 Å². The quantitative estimate of drug-likeness (QED) is 0.841. The zero-order valence-corrected chi connectivity index (χ0v) is 13.3. The molecule has 0 radical (unpaired) electrons. The fourth-order valence-electron chi connectivity index (χ4n) is 2.13. The van der Waals surface area contributed by atoms with E-state index in [-0.39, 0.29) is 5.56 Å². The summed E-state index contributed by atoms with van der Waals surface area (Å²) in [6.45, 7) is 5.27. The topological polar surface area (TPSA) is 68.8 Å². The number of nitrogens with zero attached hydrogens (tertiary/aromatic N) is 2. The van der Waals surface area contributed by atoms with Crippen LogP contribution in [0.25, 0.3) is 0 Å². The van der Waals surface area contributed by atoms with E-state index in [2.05, 4.69) is 19.2 Å². The maximum atomic E-state index is 9.24. The maximum Gasteiger partial charge on any atom is 0.146 e. The van der Waals surface area contributed by atoms with Gasteiger partial charge in [0, 0.05) is 18.3 Å². The Morgan fingerprint density at radius 3 is 2.57 bits per heavy atom. The Hall–Kier alpha value is -2.98. The smallest absolute Gasteiger partial charge is 0.146 e. The highest BCUT2D eigenvalue weighted by molar-refractivity contribution is 5.56. The zero-order chi connectivity index (χ0) is 16.7. The van der Waals surface area contributed by atoms with Crippen LogP contribution in [-0.2, 0) is 0 Å². The number of ether oxygens (including phenoxy) is 1. The molecule has 0 saturated heterocycles. The molecule has 23 heavy (non-hydrogen) atoms. The van der Waals surface area contributed by atoms with Gasteiger partial charge in [0.25, 0.3) is 0 Å². The van der Waals surface area contributed by atoms with Gasteiger partial charge >= 0.3 is 0 Å². The number of benzene rings is 2. The van der Waals surface area contributed by atoms with Crippen molar-refractivity contribution in [2.45, 2.75) is 20.3 Å². The number of hydrogen-bond acceptors (Lipinski definition) is 4. The van der Waals surface area contributed by atoms with Gasteiger partial charge in [0.05, 0.1) is 5.56 Å². The van der Waals surface area contributed by atoms with Gasteiger partial charge in [0.15, 0.2) is 0 Å². The van der Waals surface area contributed by atoms with Crippen LogP contribution in [0.3, 0.4) is 0 Å². The Kier molecular flexibility index (Phi) is 5.61. The highest BCUT2D eigenvalue weighted by Gasteiger charge is 2.10. The van der Waals surface area contributed by atoms with E-state index < -0.39 is 0 Å². The number of nitrogens with one attached hydrogen (secondary N) is 1. The third-order valence-electron chi connectivity index (χ3n) is 3.37. The Morgan fingerprint density at radius 1 is 1.09 bits per heavy atom. The largest absolute Gasteiger partial charge is 0.456 e. The van der Waals surface area contributed by atoms with Crippen molar-refractivity contribution in [1.29, 1.82) is 10.5 Å². The third kappa shape index (κ3) is 4.49. The van der Waals surface area contributed by atoms with Crippen LogP contribution >= 0.6 is 0 Å². The minimum atomic E-state index is 0.258. The molecule has 2 aromatic carbocycles. The van der Waals surface area contributed by atoms with Crippen molar-refractivity contribution in [1.82, 2.24) is 0 Å². The van der Waals surface area contributed by atoms with Crippen LogP contribution in [0.15, 0.2) is 42.5 Å². The van der Waals surface area contributed by atoms with Crippen LogP contribution in [0.2, 0.25) is 0 Å². The SMILES string of the molecule is CC(C)CCNc1cccc(Oc2cccc(C#N)c2C#N)c1. The van der Waals surface area contributed by atoms with Gasteiger partial charge in [-0.05, 0) is 36.6 Å². The molecule has 0 aliphatic heterocycles. The summed E-state index contributed by atoms with van der Waals surface area (Å²) in [5.74, 6) is 1.67. The molecule has 0 spiro atoms. The second kappa shape index (κ2) is 7.87. The van der Waals surface area contributed by atoms with Crippen molar-refractivity contribution < 1.29 is 4.74 Å². The lowest BCUT2D eigenvalue weighted by Gasteiger charge is -2.11. The monoisotopic (exact) mass is 305 g/mol. The van der Waals surface area contributed by atoms with Crippen LogP contribution in [0.4, 0.5) is 5.69 Å². The number of rotatable bonds is 6. The van der Waals surface area contributed by atoms with E-state index in [0.29, 0.717) is 23.0 Å². The lowest BCUT2D eigenvalue weighted by atomic mass is 10.1. The first kappa shape index (κ1) is 16.4. The molecule has 2 aromatic rings. The second-order valence-corrected chi connectivity index (χ2v) is 5.64. The van der Waals surface area contributed by atoms with Crippen molar-refractivity contribution in [3.05, 3.63) is 53.6 Å². The fraction of sp³-hybridized carbons (Fsp3) is 0.263. The molecular formula is C19H19N3O. The zero-order valence-electron chi connectivity index (χ0n) is 13.3. The minimum absolute atomic E-state index is 0.258. The van der Waals surface area contributed by atoms with Gasteiger partial charge in [0.1, 0.15) is 29.2 Å². The van der Waals surface area contributed by atoms with E-state index in [1.165, 1.54) is 0 Å². The predicted molar refractivity (Wildman–Crippen MR) is 90.3 cm³/mol. The van der Waals surface area contributed by atoms with E-state index in [4.69, 9.17) is 10.00 Å². The van der Waals surface area contributed by atoms with Crippen LogP contribution in [0, 0.1) is 28.6 Å². The maximum absolute atomic E-state index is 9.24. The van der Waals surface area contributed by atoms with Gasteiger partial charge in [-0.1, -0.05) is 26.0 Å². The number of nitriles is 2. The Balaban J connectivity index is 2.15. The summed E-state index contributed by atoms with van der Waals surface area (Å²) in [7, 11) is 0. The molecule has 0 saturated carbocycles. The molecule has 0 atom stereocenters. The lowest BCUT2D eigenvalue weighted by molar-refractivity contribution is 0.481. The Morgan fingerprint density at radius 2 is 1.87 bits per heavy atom. The van der Waals surface area contributed by atoms with E-state index >= 15 is 0 Å². The molecule has 0 amide bonds. The summed E-state index contributed by atoms with van der Waals surface area (Å²) >= 11 is 0. The van der Waals surface area contributed by atoms with Gasteiger partial charge in [-0.15, -0.1) is 0 Å². The normalized spacial score (nSPS) is 9.96. The van der Waals surface area contributed by atoms with Crippen LogP contribution < -0.4 is 10.1 Å². The van der Waals surface area contributed by atoms with Gasteiger partial charge in [-0.2, -0.15) is 10.5 Å². The summed E-state index contributed by atoms with van der Waals surface area (Å²) in [4.78, 5) is 0. The van der Waals surface area contributed by atoms with Crippen LogP contribution in [-0.4, -0.2) is 6.54 Å². The first-order chi connectivity index (χ1) is 11.1. The molecule has 0 aliphatic carbocycles. The molecule has 4 nitrogen and oxygen atoms in total. The highest BCUT2D eigenvalue weighted by atomic mass is 16.5. The first-order valence-corrected chi connectivity index (χ1v) is 7.59. The molecule has 0 heterocycles. The molecule has 0 fully saturated rings. The van der Waals surface area contributed by atoms with Crippen molar-refractivity contribution in [3.63, 3.8) is 0 Å². The molecule has 116 valence electrons. The molecule has 1 N–H and O–H groups in total. The summed E-state index contributed by atoms with van der Waals surface area (Å²) in [6, 6.07) is 16.6. The third-order valence-corrected chi connectivity index (χ3v) is 3.37. The van der Waals surface area contributed by atoms with Crippen molar-refractivity contribution in [2.75, 3.05) is 11.9 Å². The standard InChI is InChI=1S/C19H19N3O/c1-14(2)9-10-22-16-6-4-7-17(11-16)23-19-8-3-5-15(12-20)18(19)13-21/h3-8,11,14,22H,9-10H2,1-2H3. The molecule has 4 heteroatoms. The van der Waals surface area contributed by atoms with Gasteiger partial charge in [-0.25, -0.2) is 0 Å². The first-order valence-electron chi connectivity index (χ1n) is 7.59. The molecule has 0 aromatic heterocycles. The Labute approximate surface area is 136 Å².